The third-order valence-electron chi connectivity index (χ3n) is 5.70. The van der Waals surface area contributed by atoms with E-state index >= 15 is 0 Å². The molecule has 6 heteroatoms. The van der Waals surface area contributed by atoms with E-state index in [4.69, 9.17) is 0 Å². The van der Waals surface area contributed by atoms with Crippen molar-refractivity contribution in [1.82, 2.24) is 9.21 Å². The first kappa shape index (κ1) is 17.2. The summed E-state index contributed by atoms with van der Waals surface area (Å²) in [6.07, 6.45) is 7.56. The van der Waals surface area contributed by atoms with Gasteiger partial charge in [-0.05, 0) is 44.4 Å². The van der Waals surface area contributed by atoms with Crippen LogP contribution in [0.15, 0.2) is 0 Å². The van der Waals surface area contributed by atoms with Gasteiger partial charge in [0.15, 0.2) is 0 Å². The van der Waals surface area contributed by atoms with E-state index in [1.165, 1.54) is 12.8 Å². The number of likely N-dealkylation sites (tertiary alicyclic amines) is 1. The van der Waals surface area contributed by atoms with Gasteiger partial charge < -0.3 is 4.90 Å². The molecule has 1 aliphatic carbocycles. The molecule has 2 saturated heterocycles. The van der Waals surface area contributed by atoms with E-state index in [0.717, 1.165) is 45.2 Å². The first-order valence-corrected chi connectivity index (χ1v) is 10.8. The van der Waals surface area contributed by atoms with Crippen molar-refractivity contribution < 1.29 is 13.2 Å². The number of hydrogen-bond donors (Lipinski definition) is 0. The van der Waals surface area contributed by atoms with Gasteiger partial charge in [-0.15, -0.1) is 0 Å². The Morgan fingerprint density at radius 2 is 2.00 bits per heavy atom. The van der Waals surface area contributed by atoms with Crippen molar-refractivity contribution >= 4 is 15.9 Å². The smallest absolute Gasteiger partial charge is 0.222 e. The van der Waals surface area contributed by atoms with Crippen molar-refractivity contribution in [2.75, 3.05) is 31.9 Å². The maximum absolute atomic E-state index is 12.5. The monoisotopic (exact) mass is 342 g/mol. The molecule has 0 aromatic rings. The molecule has 5 nitrogen and oxygen atoms in total. The Kier molecular flexibility index (Phi) is 5.02. The lowest BCUT2D eigenvalue weighted by Gasteiger charge is -2.47. The Balaban J connectivity index is 1.67. The Bertz CT molecular complexity index is 544. The fourth-order valence-corrected chi connectivity index (χ4v) is 5.86. The van der Waals surface area contributed by atoms with Gasteiger partial charge in [0, 0.05) is 38.0 Å². The molecule has 3 aliphatic rings. The lowest BCUT2D eigenvalue weighted by atomic mass is 9.74. The van der Waals surface area contributed by atoms with Crippen LogP contribution in [0, 0.1) is 11.3 Å². The average molecular weight is 343 g/mol. The highest BCUT2D eigenvalue weighted by Crippen LogP contribution is 2.41. The molecule has 2 aliphatic heterocycles. The van der Waals surface area contributed by atoms with Crippen molar-refractivity contribution in [1.29, 1.82) is 0 Å². The van der Waals surface area contributed by atoms with Crippen LogP contribution in [0.3, 0.4) is 0 Å². The van der Waals surface area contributed by atoms with Crippen LogP contribution < -0.4 is 0 Å². The molecule has 0 N–H and O–H groups in total. The van der Waals surface area contributed by atoms with E-state index in [1.54, 1.807) is 4.31 Å². The van der Waals surface area contributed by atoms with Crippen LogP contribution >= 0.6 is 0 Å². The Morgan fingerprint density at radius 3 is 2.70 bits per heavy atom. The summed E-state index contributed by atoms with van der Waals surface area (Å²) in [7, 11) is -3.13. The van der Waals surface area contributed by atoms with E-state index in [1.807, 2.05) is 11.8 Å². The minimum atomic E-state index is -3.13. The van der Waals surface area contributed by atoms with Crippen molar-refractivity contribution in [3.05, 3.63) is 0 Å². The molecule has 23 heavy (non-hydrogen) atoms. The second-order valence-corrected chi connectivity index (χ2v) is 9.91. The van der Waals surface area contributed by atoms with Crippen LogP contribution in [0.5, 0.6) is 0 Å². The summed E-state index contributed by atoms with van der Waals surface area (Å²) in [4.78, 5) is 14.2. The highest BCUT2D eigenvalue weighted by Gasteiger charge is 2.44. The number of rotatable bonds is 6. The zero-order valence-electron chi connectivity index (χ0n) is 14.3. The second-order valence-electron chi connectivity index (χ2n) is 7.82. The minimum Gasteiger partial charge on any atom is -0.342 e. The number of piperidine rings is 2. The summed E-state index contributed by atoms with van der Waals surface area (Å²) in [5, 5.41) is 0. The molecular formula is C17H30N2O3S. The summed E-state index contributed by atoms with van der Waals surface area (Å²) >= 11 is 0. The number of carbonyl (C=O) groups excluding carboxylic acids is 1. The van der Waals surface area contributed by atoms with E-state index < -0.39 is 10.0 Å². The molecule has 1 spiro atoms. The Labute approximate surface area is 140 Å². The number of carbonyl (C=O) groups is 1. The second kappa shape index (κ2) is 6.71. The Hall–Kier alpha value is -0.620. The molecule has 0 unspecified atom stereocenters. The molecule has 0 bridgehead atoms. The van der Waals surface area contributed by atoms with Crippen molar-refractivity contribution in [2.24, 2.45) is 11.3 Å². The predicted molar refractivity (Wildman–Crippen MR) is 90.5 cm³/mol. The third-order valence-corrected chi connectivity index (χ3v) is 7.60. The highest BCUT2D eigenvalue weighted by atomic mass is 32.2. The van der Waals surface area contributed by atoms with Crippen molar-refractivity contribution in [3.63, 3.8) is 0 Å². The minimum absolute atomic E-state index is 0.000332. The van der Waals surface area contributed by atoms with Gasteiger partial charge in [-0.3, -0.25) is 4.79 Å². The topological polar surface area (TPSA) is 57.7 Å². The highest BCUT2D eigenvalue weighted by molar-refractivity contribution is 7.89. The summed E-state index contributed by atoms with van der Waals surface area (Å²) in [5.41, 5.74) is 0.000332. The zero-order chi connectivity index (χ0) is 16.5. The van der Waals surface area contributed by atoms with Gasteiger partial charge in [-0.25, -0.2) is 12.7 Å². The molecule has 1 atom stereocenters. The Morgan fingerprint density at radius 1 is 1.22 bits per heavy atom. The maximum Gasteiger partial charge on any atom is 0.222 e. The molecule has 0 aromatic carbocycles. The van der Waals surface area contributed by atoms with E-state index in [9.17, 15) is 13.2 Å². The molecule has 0 radical (unpaired) electrons. The van der Waals surface area contributed by atoms with Gasteiger partial charge in [0.05, 0.1) is 5.75 Å². The summed E-state index contributed by atoms with van der Waals surface area (Å²) in [6.45, 7) is 4.96. The lowest BCUT2D eigenvalue weighted by Crippen LogP contribution is -2.55. The van der Waals surface area contributed by atoms with E-state index in [0.29, 0.717) is 25.4 Å². The average Bonchev–Trinajstić information content (AvgIpc) is 3.33. The van der Waals surface area contributed by atoms with Gasteiger partial charge in [0.25, 0.3) is 0 Å². The lowest BCUT2D eigenvalue weighted by molar-refractivity contribution is -0.139. The summed E-state index contributed by atoms with van der Waals surface area (Å²) in [6, 6.07) is 0. The molecule has 3 fully saturated rings. The fourth-order valence-electron chi connectivity index (χ4n) is 4.07. The maximum atomic E-state index is 12.5. The van der Waals surface area contributed by atoms with Gasteiger partial charge in [-0.2, -0.15) is 0 Å². The number of hydrogen-bond acceptors (Lipinski definition) is 3. The van der Waals surface area contributed by atoms with Crippen LogP contribution in [0.25, 0.3) is 0 Å². The van der Waals surface area contributed by atoms with Crippen molar-refractivity contribution in [3.8, 4) is 0 Å². The number of nitrogens with zero attached hydrogens (tertiary/aromatic N) is 2. The summed E-state index contributed by atoms with van der Waals surface area (Å²) in [5.74, 6) is 1.24. The zero-order valence-corrected chi connectivity index (χ0v) is 15.1. The molecular weight excluding hydrogens is 312 g/mol. The number of amides is 1. The standard InChI is InChI=1S/C17H30N2O3S/c1-2-3-11-23(21,22)19-10-4-8-17(14-19)9-7-16(20)18(13-17)12-15-5-6-15/h15H,2-14H2,1H3/t17-/m1/s1. The largest absolute Gasteiger partial charge is 0.342 e. The predicted octanol–water partition coefficient (Wildman–Crippen LogP) is 2.23. The quantitative estimate of drug-likeness (QED) is 0.744. The molecule has 3 rings (SSSR count). The molecule has 1 amide bonds. The first-order chi connectivity index (χ1) is 10.9. The van der Waals surface area contributed by atoms with Gasteiger partial charge in [0.1, 0.15) is 0 Å². The van der Waals surface area contributed by atoms with E-state index in [2.05, 4.69) is 0 Å². The molecule has 2 heterocycles. The molecule has 1 saturated carbocycles. The normalized spacial score (nSPS) is 30.1. The number of unbranched alkanes of at least 4 members (excludes halogenated alkanes) is 1. The molecule has 0 aromatic heterocycles. The molecule has 132 valence electrons. The van der Waals surface area contributed by atoms with Crippen LogP contribution in [0.2, 0.25) is 0 Å². The van der Waals surface area contributed by atoms with Crippen LogP contribution in [-0.2, 0) is 14.8 Å². The first-order valence-electron chi connectivity index (χ1n) is 9.20. The summed E-state index contributed by atoms with van der Waals surface area (Å²) < 4.78 is 26.8. The fraction of sp³-hybridized carbons (Fsp3) is 0.941. The van der Waals surface area contributed by atoms with Gasteiger partial charge in [-0.1, -0.05) is 13.3 Å². The third kappa shape index (κ3) is 4.08. The SMILES string of the molecule is CCCCS(=O)(=O)N1CCC[C@]2(CCC(=O)N(CC3CC3)C2)C1. The van der Waals surface area contributed by atoms with Crippen molar-refractivity contribution in [2.45, 2.75) is 58.3 Å². The van der Waals surface area contributed by atoms with Gasteiger partial charge in [0.2, 0.25) is 15.9 Å². The van der Waals surface area contributed by atoms with E-state index in [-0.39, 0.29) is 17.1 Å². The van der Waals surface area contributed by atoms with Gasteiger partial charge >= 0.3 is 0 Å². The van der Waals surface area contributed by atoms with Crippen LogP contribution in [-0.4, -0.2) is 55.5 Å². The van der Waals surface area contributed by atoms with Crippen LogP contribution in [0.4, 0.5) is 0 Å². The number of sulfonamides is 1. The van der Waals surface area contributed by atoms with Crippen LogP contribution in [0.1, 0.15) is 58.3 Å².